The second kappa shape index (κ2) is 6.95. The molecule has 0 saturated carbocycles. The predicted molar refractivity (Wildman–Crippen MR) is 94.5 cm³/mol. The maximum atomic E-state index is 13.0. The molecule has 4 rings (SSSR count). The second-order valence-corrected chi connectivity index (χ2v) is 6.78. The van der Waals surface area contributed by atoms with Crippen LogP contribution in [-0.2, 0) is 4.79 Å². The first-order valence-electron chi connectivity index (χ1n) is 9.20. The first-order chi connectivity index (χ1) is 12.3. The SMILES string of the molecule is CC[C@@H](C(=O)N1CCN(c2ccnc3nncn23)CC1)N1CCCC1. The summed E-state index contributed by atoms with van der Waals surface area (Å²) in [6.45, 7) is 7.40. The van der Waals surface area contributed by atoms with Crippen LogP contribution in [0.1, 0.15) is 26.2 Å². The van der Waals surface area contributed by atoms with E-state index in [-0.39, 0.29) is 6.04 Å². The van der Waals surface area contributed by atoms with Crippen LogP contribution >= 0.6 is 0 Å². The molecule has 2 aliphatic rings. The molecule has 0 spiro atoms. The Hall–Kier alpha value is -2.22. The molecular formula is C17H25N7O. The summed E-state index contributed by atoms with van der Waals surface area (Å²) in [6, 6.07) is 2.03. The van der Waals surface area contributed by atoms with Crippen molar-refractivity contribution in [2.45, 2.75) is 32.2 Å². The van der Waals surface area contributed by atoms with E-state index in [4.69, 9.17) is 0 Å². The van der Waals surface area contributed by atoms with Gasteiger partial charge in [0.15, 0.2) is 0 Å². The topological polar surface area (TPSA) is 69.9 Å². The molecule has 0 bridgehead atoms. The predicted octanol–water partition coefficient (Wildman–Crippen LogP) is 0.647. The molecule has 0 unspecified atom stereocenters. The van der Waals surface area contributed by atoms with Crippen molar-refractivity contribution in [3.8, 4) is 0 Å². The van der Waals surface area contributed by atoms with Crippen molar-refractivity contribution in [1.29, 1.82) is 0 Å². The molecule has 8 nitrogen and oxygen atoms in total. The number of anilines is 1. The number of aromatic nitrogens is 4. The zero-order valence-corrected chi connectivity index (χ0v) is 14.7. The summed E-state index contributed by atoms with van der Waals surface area (Å²) in [4.78, 5) is 23.8. The molecule has 134 valence electrons. The van der Waals surface area contributed by atoms with Gasteiger partial charge in [-0.1, -0.05) is 6.92 Å². The number of carbonyl (C=O) groups excluding carboxylic acids is 1. The lowest BCUT2D eigenvalue weighted by Gasteiger charge is -2.38. The van der Waals surface area contributed by atoms with Crippen molar-refractivity contribution in [2.24, 2.45) is 0 Å². The van der Waals surface area contributed by atoms with Crippen LogP contribution in [0.2, 0.25) is 0 Å². The number of piperazine rings is 1. The standard InChI is InChI=1S/C17H25N7O/c1-2-14(21-7-3-4-8-21)16(25)23-11-9-22(10-12-23)15-5-6-18-17-20-19-13-24(15)17/h5-6,13-14H,2-4,7-12H2,1H3/t14-/m0/s1. The van der Waals surface area contributed by atoms with Gasteiger partial charge in [-0.2, -0.15) is 0 Å². The number of rotatable bonds is 4. The Bertz CT molecular complexity index is 731. The number of hydrogen-bond donors (Lipinski definition) is 0. The zero-order chi connectivity index (χ0) is 17.2. The van der Waals surface area contributed by atoms with E-state index in [1.165, 1.54) is 12.8 Å². The van der Waals surface area contributed by atoms with Crippen LogP contribution in [0.25, 0.3) is 5.78 Å². The number of hydrogen-bond acceptors (Lipinski definition) is 6. The van der Waals surface area contributed by atoms with Crippen molar-refractivity contribution >= 4 is 17.5 Å². The largest absolute Gasteiger partial charge is 0.354 e. The molecular weight excluding hydrogens is 318 g/mol. The summed E-state index contributed by atoms with van der Waals surface area (Å²) in [6.07, 6.45) is 6.78. The fraction of sp³-hybridized carbons (Fsp3) is 0.647. The van der Waals surface area contributed by atoms with Gasteiger partial charge in [-0.3, -0.25) is 14.1 Å². The van der Waals surface area contributed by atoms with Gasteiger partial charge in [0.1, 0.15) is 12.1 Å². The van der Waals surface area contributed by atoms with E-state index in [9.17, 15) is 4.79 Å². The summed E-state index contributed by atoms with van der Waals surface area (Å²) in [7, 11) is 0. The number of fused-ring (bicyclic) bond motifs is 1. The first kappa shape index (κ1) is 16.3. The van der Waals surface area contributed by atoms with Crippen molar-refractivity contribution in [3.63, 3.8) is 0 Å². The molecule has 2 aromatic rings. The lowest BCUT2D eigenvalue weighted by Crippen LogP contribution is -2.54. The molecule has 2 saturated heterocycles. The maximum Gasteiger partial charge on any atom is 0.256 e. The maximum absolute atomic E-state index is 13.0. The number of carbonyl (C=O) groups is 1. The summed E-state index contributed by atoms with van der Waals surface area (Å²) in [5, 5.41) is 7.93. The highest BCUT2D eigenvalue weighted by molar-refractivity contribution is 5.82. The van der Waals surface area contributed by atoms with Gasteiger partial charge < -0.3 is 9.80 Å². The molecule has 0 aliphatic carbocycles. The molecule has 2 fully saturated rings. The van der Waals surface area contributed by atoms with E-state index < -0.39 is 0 Å². The van der Waals surface area contributed by atoms with Crippen molar-refractivity contribution in [3.05, 3.63) is 18.6 Å². The van der Waals surface area contributed by atoms with Crippen LogP contribution in [0.15, 0.2) is 18.6 Å². The van der Waals surface area contributed by atoms with Crippen LogP contribution in [-0.4, -0.2) is 80.6 Å². The number of amides is 1. The molecule has 2 aromatic heterocycles. The summed E-state index contributed by atoms with van der Waals surface area (Å²) >= 11 is 0. The fourth-order valence-electron chi connectivity index (χ4n) is 4.00. The summed E-state index contributed by atoms with van der Waals surface area (Å²) in [5.74, 6) is 1.94. The lowest BCUT2D eigenvalue weighted by molar-refractivity contribution is -0.137. The molecule has 1 amide bonds. The van der Waals surface area contributed by atoms with Crippen LogP contribution < -0.4 is 4.90 Å². The van der Waals surface area contributed by atoms with Gasteiger partial charge in [-0.05, 0) is 38.4 Å². The number of nitrogens with zero attached hydrogens (tertiary/aromatic N) is 7. The summed E-state index contributed by atoms with van der Waals surface area (Å²) < 4.78 is 1.90. The monoisotopic (exact) mass is 343 g/mol. The third kappa shape index (κ3) is 3.06. The Morgan fingerprint density at radius 3 is 2.64 bits per heavy atom. The Kier molecular flexibility index (Phi) is 4.52. The van der Waals surface area contributed by atoms with E-state index in [2.05, 4.69) is 31.9 Å². The molecule has 0 radical (unpaired) electrons. The first-order valence-corrected chi connectivity index (χ1v) is 9.20. The Morgan fingerprint density at radius 1 is 1.16 bits per heavy atom. The van der Waals surface area contributed by atoms with Gasteiger partial charge in [0.2, 0.25) is 5.91 Å². The molecule has 25 heavy (non-hydrogen) atoms. The van der Waals surface area contributed by atoms with Crippen LogP contribution in [0.5, 0.6) is 0 Å². The van der Waals surface area contributed by atoms with E-state index in [1.807, 2.05) is 15.4 Å². The van der Waals surface area contributed by atoms with Gasteiger partial charge in [-0.25, -0.2) is 4.98 Å². The molecule has 4 heterocycles. The Balaban J connectivity index is 1.42. The highest BCUT2D eigenvalue weighted by Crippen LogP contribution is 2.20. The van der Waals surface area contributed by atoms with Gasteiger partial charge in [0.25, 0.3) is 5.78 Å². The third-order valence-corrected chi connectivity index (χ3v) is 5.36. The average Bonchev–Trinajstić information content (AvgIpc) is 3.34. The minimum absolute atomic E-state index is 0.0551. The van der Waals surface area contributed by atoms with Crippen LogP contribution in [0, 0.1) is 0 Å². The van der Waals surface area contributed by atoms with Gasteiger partial charge in [0.05, 0.1) is 6.04 Å². The third-order valence-electron chi connectivity index (χ3n) is 5.36. The highest BCUT2D eigenvalue weighted by Gasteiger charge is 2.32. The summed E-state index contributed by atoms with van der Waals surface area (Å²) in [5.41, 5.74) is 0. The highest BCUT2D eigenvalue weighted by atomic mass is 16.2. The van der Waals surface area contributed by atoms with Crippen molar-refractivity contribution in [1.82, 2.24) is 29.4 Å². The van der Waals surface area contributed by atoms with E-state index >= 15 is 0 Å². The molecule has 1 atom stereocenters. The number of likely N-dealkylation sites (tertiary alicyclic amines) is 1. The van der Waals surface area contributed by atoms with E-state index in [0.29, 0.717) is 11.7 Å². The van der Waals surface area contributed by atoms with Crippen molar-refractivity contribution < 1.29 is 4.79 Å². The minimum atomic E-state index is 0.0551. The van der Waals surface area contributed by atoms with Gasteiger partial charge >= 0.3 is 0 Å². The Labute approximate surface area is 147 Å². The van der Waals surface area contributed by atoms with E-state index in [1.54, 1.807) is 12.5 Å². The lowest BCUT2D eigenvalue weighted by atomic mass is 10.1. The van der Waals surface area contributed by atoms with Gasteiger partial charge in [-0.15, -0.1) is 10.2 Å². The van der Waals surface area contributed by atoms with Gasteiger partial charge in [0, 0.05) is 32.4 Å². The van der Waals surface area contributed by atoms with Crippen LogP contribution in [0.4, 0.5) is 5.82 Å². The normalized spacial score (nSPS) is 20.4. The molecule has 8 heteroatoms. The smallest absolute Gasteiger partial charge is 0.256 e. The molecule has 0 N–H and O–H groups in total. The zero-order valence-electron chi connectivity index (χ0n) is 14.7. The second-order valence-electron chi connectivity index (χ2n) is 6.78. The Morgan fingerprint density at radius 2 is 1.92 bits per heavy atom. The average molecular weight is 343 g/mol. The quantitative estimate of drug-likeness (QED) is 0.812. The minimum Gasteiger partial charge on any atom is -0.354 e. The van der Waals surface area contributed by atoms with E-state index in [0.717, 1.165) is 51.5 Å². The molecule has 2 aliphatic heterocycles. The fourth-order valence-corrected chi connectivity index (χ4v) is 4.00. The molecule has 0 aromatic carbocycles. The van der Waals surface area contributed by atoms with Crippen LogP contribution in [0.3, 0.4) is 0 Å². The van der Waals surface area contributed by atoms with Crippen molar-refractivity contribution in [2.75, 3.05) is 44.2 Å².